The molecule has 0 saturated carbocycles. The van der Waals surface area contributed by atoms with Crippen molar-refractivity contribution in [3.8, 4) is 0 Å². The van der Waals surface area contributed by atoms with Crippen molar-refractivity contribution < 1.29 is 14.3 Å². The van der Waals surface area contributed by atoms with E-state index in [0.717, 1.165) is 5.56 Å². The Morgan fingerprint density at radius 1 is 1.43 bits per heavy atom. The van der Waals surface area contributed by atoms with E-state index < -0.39 is 12.1 Å². The number of hydrogen-bond donors (Lipinski definition) is 1. The molecule has 1 aromatic heterocycles. The van der Waals surface area contributed by atoms with E-state index in [1.165, 1.54) is 16.2 Å². The molecule has 8 heteroatoms. The molecule has 2 aromatic rings. The molecule has 3 rings (SSSR count). The lowest BCUT2D eigenvalue weighted by Crippen LogP contribution is -2.51. The van der Waals surface area contributed by atoms with Gasteiger partial charge in [-0.25, -0.2) is 4.98 Å². The molecule has 1 aliphatic heterocycles. The number of carbonyl (C=O) groups is 2. The molecule has 0 bridgehead atoms. The second-order valence-corrected chi connectivity index (χ2v) is 6.39. The standard InChI is InChI=1S/C15H14ClN3O3S/c1-19-11(20)8-22-13(14(21)18-15-17-6-7-23-15)12(19)9-2-4-10(16)5-3-9/h2-7,12-13H,8H2,1H3,(H,17,18,21). The van der Waals surface area contributed by atoms with Crippen molar-refractivity contribution in [1.29, 1.82) is 0 Å². The van der Waals surface area contributed by atoms with Crippen molar-refractivity contribution in [3.05, 3.63) is 46.4 Å². The van der Waals surface area contributed by atoms with Crippen molar-refractivity contribution in [2.75, 3.05) is 19.0 Å². The van der Waals surface area contributed by atoms with Gasteiger partial charge >= 0.3 is 0 Å². The first kappa shape index (κ1) is 15.9. The van der Waals surface area contributed by atoms with Gasteiger partial charge in [0.1, 0.15) is 6.61 Å². The first-order valence-corrected chi connectivity index (χ1v) is 8.15. The van der Waals surface area contributed by atoms with Crippen LogP contribution in [0.3, 0.4) is 0 Å². The molecule has 1 saturated heterocycles. The first-order valence-electron chi connectivity index (χ1n) is 6.89. The number of amides is 2. The highest BCUT2D eigenvalue weighted by Gasteiger charge is 2.40. The molecule has 1 aliphatic rings. The molecule has 2 unspecified atom stereocenters. The van der Waals surface area contributed by atoms with E-state index >= 15 is 0 Å². The fourth-order valence-electron chi connectivity index (χ4n) is 2.45. The van der Waals surface area contributed by atoms with Gasteiger partial charge in [0.25, 0.3) is 5.91 Å². The summed E-state index contributed by atoms with van der Waals surface area (Å²) in [5, 5.41) is 5.56. The average molecular weight is 352 g/mol. The van der Waals surface area contributed by atoms with Gasteiger partial charge in [-0.2, -0.15) is 0 Å². The van der Waals surface area contributed by atoms with E-state index in [1.807, 2.05) is 0 Å². The first-order chi connectivity index (χ1) is 11.1. The number of thiazole rings is 1. The van der Waals surface area contributed by atoms with E-state index in [1.54, 1.807) is 42.9 Å². The number of nitrogens with one attached hydrogen (secondary N) is 1. The van der Waals surface area contributed by atoms with Crippen molar-refractivity contribution in [2.24, 2.45) is 0 Å². The Kier molecular flexibility index (Phi) is 4.61. The summed E-state index contributed by atoms with van der Waals surface area (Å²) < 4.78 is 5.51. The second kappa shape index (κ2) is 6.66. The fourth-order valence-corrected chi connectivity index (χ4v) is 3.11. The van der Waals surface area contributed by atoms with Gasteiger partial charge in [-0.1, -0.05) is 23.7 Å². The molecule has 0 radical (unpaired) electrons. The van der Waals surface area contributed by atoms with Crippen LogP contribution in [0, 0.1) is 0 Å². The highest BCUT2D eigenvalue weighted by molar-refractivity contribution is 7.13. The maximum atomic E-state index is 12.5. The van der Waals surface area contributed by atoms with Crippen LogP contribution in [-0.4, -0.2) is 41.5 Å². The molecule has 2 atom stereocenters. The fraction of sp³-hybridized carbons (Fsp3) is 0.267. The minimum Gasteiger partial charge on any atom is -0.356 e. The van der Waals surface area contributed by atoms with Crippen molar-refractivity contribution in [3.63, 3.8) is 0 Å². The number of aromatic nitrogens is 1. The van der Waals surface area contributed by atoms with Crippen LogP contribution in [0.5, 0.6) is 0 Å². The zero-order valence-electron chi connectivity index (χ0n) is 12.2. The number of halogens is 1. The number of morpholine rings is 1. The molecular weight excluding hydrogens is 338 g/mol. The van der Waals surface area contributed by atoms with E-state index in [2.05, 4.69) is 10.3 Å². The van der Waals surface area contributed by atoms with Gasteiger partial charge in [-0.3, -0.25) is 14.9 Å². The maximum Gasteiger partial charge on any atom is 0.257 e. The molecule has 120 valence electrons. The predicted molar refractivity (Wildman–Crippen MR) is 87.4 cm³/mol. The van der Waals surface area contributed by atoms with Gasteiger partial charge in [0, 0.05) is 23.6 Å². The van der Waals surface area contributed by atoms with Crippen LogP contribution >= 0.6 is 22.9 Å². The number of anilines is 1. The summed E-state index contributed by atoms with van der Waals surface area (Å²) in [6, 6.07) is 6.50. The maximum absolute atomic E-state index is 12.5. The van der Waals surface area contributed by atoms with Crippen LogP contribution in [0.4, 0.5) is 5.13 Å². The normalized spacial score (nSPS) is 21.3. The number of ether oxygens (including phenoxy) is 1. The zero-order chi connectivity index (χ0) is 16.4. The summed E-state index contributed by atoms with van der Waals surface area (Å²) in [7, 11) is 1.66. The zero-order valence-corrected chi connectivity index (χ0v) is 13.8. The Hall–Kier alpha value is -1.96. The lowest BCUT2D eigenvalue weighted by Gasteiger charge is -2.38. The number of likely N-dealkylation sites (N-methyl/N-ethyl adjacent to an activating group) is 1. The Balaban J connectivity index is 1.88. The van der Waals surface area contributed by atoms with E-state index in [-0.39, 0.29) is 18.4 Å². The van der Waals surface area contributed by atoms with E-state index in [9.17, 15) is 9.59 Å². The van der Waals surface area contributed by atoms with E-state index in [4.69, 9.17) is 16.3 Å². The summed E-state index contributed by atoms with van der Waals surface area (Å²) in [6.45, 7) is -0.128. The second-order valence-electron chi connectivity index (χ2n) is 5.06. The van der Waals surface area contributed by atoms with Crippen LogP contribution in [0.15, 0.2) is 35.8 Å². The number of hydrogen-bond acceptors (Lipinski definition) is 5. The SMILES string of the molecule is CN1C(=O)COC(C(=O)Nc2nccs2)C1c1ccc(Cl)cc1. The molecule has 1 aromatic carbocycles. The number of rotatable bonds is 3. The van der Waals surface area contributed by atoms with Crippen LogP contribution in [0.1, 0.15) is 11.6 Å². The van der Waals surface area contributed by atoms with E-state index in [0.29, 0.717) is 10.2 Å². The van der Waals surface area contributed by atoms with Crippen LogP contribution in [0.2, 0.25) is 5.02 Å². The molecule has 2 amide bonds. The predicted octanol–water partition coefficient (Wildman–Crippen LogP) is 2.33. The lowest BCUT2D eigenvalue weighted by molar-refractivity contribution is -0.160. The van der Waals surface area contributed by atoms with Gasteiger partial charge in [-0.15, -0.1) is 11.3 Å². The molecule has 0 spiro atoms. The smallest absolute Gasteiger partial charge is 0.257 e. The number of benzene rings is 1. The summed E-state index contributed by atoms with van der Waals surface area (Å²) in [4.78, 5) is 30.1. The third-order valence-corrected chi connectivity index (χ3v) is 4.56. The van der Waals surface area contributed by atoms with Gasteiger partial charge in [0.15, 0.2) is 11.2 Å². The minimum atomic E-state index is -0.817. The summed E-state index contributed by atoms with van der Waals surface area (Å²) in [5.74, 6) is -0.512. The van der Waals surface area contributed by atoms with Gasteiger partial charge in [0.2, 0.25) is 5.91 Å². The molecule has 0 aliphatic carbocycles. The third kappa shape index (κ3) is 3.36. The topological polar surface area (TPSA) is 71.5 Å². The molecule has 2 heterocycles. The monoisotopic (exact) mass is 351 g/mol. The van der Waals surface area contributed by atoms with Crippen molar-refractivity contribution in [2.45, 2.75) is 12.1 Å². The molecule has 23 heavy (non-hydrogen) atoms. The summed E-state index contributed by atoms with van der Waals surface area (Å²) >= 11 is 7.23. The average Bonchev–Trinajstić information content (AvgIpc) is 3.04. The molecule has 6 nitrogen and oxygen atoms in total. The van der Waals surface area contributed by atoms with Crippen molar-refractivity contribution >= 4 is 39.9 Å². The highest BCUT2D eigenvalue weighted by atomic mass is 35.5. The highest BCUT2D eigenvalue weighted by Crippen LogP contribution is 2.30. The van der Waals surface area contributed by atoms with Crippen LogP contribution in [0.25, 0.3) is 0 Å². The Morgan fingerprint density at radius 3 is 2.83 bits per heavy atom. The Morgan fingerprint density at radius 2 is 2.17 bits per heavy atom. The summed E-state index contributed by atoms with van der Waals surface area (Å²) in [5.41, 5.74) is 0.782. The molecule has 1 fully saturated rings. The van der Waals surface area contributed by atoms with Gasteiger partial charge < -0.3 is 9.64 Å². The summed E-state index contributed by atoms with van der Waals surface area (Å²) in [6.07, 6.45) is 0.789. The minimum absolute atomic E-state index is 0.128. The van der Waals surface area contributed by atoms with Crippen LogP contribution in [-0.2, 0) is 14.3 Å². The number of nitrogens with zero attached hydrogens (tertiary/aromatic N) is 2. The Bertz CT molecular complexity index is 705. The van der Waals surface area contributed by atoms with Crippen molar-refractivity contribution in [1.82, 2.24) is 9.88 Å². The molecule has 1 N–H and O–H groups in total. The third-order valence-electron chi connectivity index (χ3n) is 3.62. The van der Waals surface area contributed by atoms with Gasteiger partial charge in [0.05, 0.1) is 6.04 Å². The lowest BCUT2D eigenvalue weighted by atomic mass is 9.98. The largest absolute Gasteiger partial charge is 0.356 e. The number of carbonyl (C=O) groups excluding carboxylic acids is 2. The van der Waals surface area contributed by atoms with Crippen LogP contribution < -0.4 is 5.32 Å². The van der Waals surface area contributed by atoms with Gasteiger partial charge in [-0.05, 0) is 17.7 Å². The quantitative estimate of drug-likeness (QED) is 0.921. The molecular formula is C15H14ClN3O3S. The Labute approximate surface area is 142 Å².